The van der Waals surface area contributed by atoms with Gasteiger partial charge in [0.1, 0.15) is 0 Å². The molecule has 2 rings (SSSR count). The van der Waals surface area contributed by atoms with Gasteiger partial charge in [-0.2, -0.15) is 0 Å². The van der Waals surface area contributed by atoms with Crippen LogP contribution in [0.5, 0.6) is 11.5 Å². The lowest BCUT2D eigenvalue weighted by Gasteiger charge is -2.18. The summed E-state index contributed by atoms with van der Waals surface area (Å²) < 4.78 is 11.2. The third kappa shape index (κ3) is 2.56. The van der Waals surface area contributed by atoms with Crippen molar-refractivity contribution in [2.24, 2.45) is 5.73 Å². The second kappa shape index (κ2) is 3.88. The van der Waals surface area contributed by atoms with Gasteiger partial charge in [0.05, 0.1) is 5.54 Å². The number of rotatable bonds is 2. The van der Waals surface area contributed by atoms with E-state index in [0.29, 0.717) is 17.2 Å². The number of hydrogen-bond acceptors (Lipinski definition) is 4. The van der Waals surface area contributed by atoms with Crippen molar-refractivity contribution in [3.63, 3.8) is 0 Å². The van der Waals surface area contributed by atoms with Crippen LogP contribution in [-0.2, 0) is 4.79 Å². The van der Waals surface area contributed by atoms with Crippen LogP contribution in [0.25, 0.3) is 0 Å². The van der Waals surface area contributed by atoms with Gasteiger partial charge in [-0.15, -0.1) is 0 Å². The maximum absolute atomic E-state index is 11.8. The zero-order valence-corrected chi connectivity index (χ0v) is 11.0. The second-order valence-corrected chi connectivity index (χ2v) is 5.44. The quantitative estimate of drug-likeness (QED) is 0.840. The van der Waals surface area contributed by atoms with Gasteiger partial charge in [-0.25, -0.2) is 0 Å². The first-order valence-corrected chi connectivity index (χ1v) is 5.80. The van der Waals surface area contributed by atoms with Crippen LogP contribution in [0.2, 0.25) is 0 Å². The molecule has 1 aliphatic heterocycles. The van der Waals surface area contributed by atoms with Crippen LogP contribution in [0.4, 0.5) is 5.69 Å². The van der Waals surface area contributed by atoms with E-state index in [1.165, 1.54) is 0 Å². The van der Waals surface area contributed by atoms with E-state index >= 15 is 0 Å². The highest BCUT2D eigenvalue weighted by atomic mass is 16.7. The summed E-state index contributed by atoms with van der Waals surface area (Å²) in [5.74, 6) is 0.372. The molecule has 1 aromatic rings. The fourth-order valence-corrected chi connectivity index (χ4v) is 1.59. The molecule has 0 aromatic heterocycles. The van der Waals surface area contributed by atoms with Gasteiger partial charge in [0.2, 0.25) is 11.7 Å². The normalized spacial score (nSPS) is 16.5. The lowest BCUT2D eigenvalue weighted by molar-refractivity contribution is -0.120. The summed E-state index contributed by atoms with van der Waals surface area (Å²) in [5.41, 5.74) is 5.43. The Morgan fingerprint density at radius 3 is 2.50 bits per heavy atom. The second-order valence-electron chi connectivity index (χ2n) is 5.44. The average molecular weight is 250 g/mol. The van der Waals surface area contributed by atoms with Gasteiger partial charge < -0.3 is 20.5 Å². The van der Waals surface area contributed by atoms with Gasteiger partial charge in [-0.1, -0.05) is 0 Å². The summed E-state index contributed by atoms with van der Waals surface area (Å²) in [7, 11) is 0. The van der Waals surface area contributed by atoms with Crippen LogP contribution in [0.3, 0.4) is 0 Å². The number of amides is 1. The fourth-order valence-electron chi connectivity index (χ4n) is 1.59. The lowest BCUT2D eigenvalue weighted by atomic mass is 10.1. The SMILES string of the molecule is CC1(C)Oc2ccc(NC(=O)C(C)(C)N)cc2O1. The first-order chi connectivity index (χ1) is 8.17. The van der Waals surface area contributed by atoms with Crippen molar-refractivity contribution in [3.05, 3.63) is 18.2 Å². The van der Waals surface area contributed by atoms with E-state index in [1.807, 2.05) is 13.8 Å². The van der Waals surface area contributed by atoms with Crippen molar-refractivity contribution < 1.29 is 14.3 Å². The molecule has 0 bridgehead atoms. The van der Waals surface area contributed by atoms with Gasteiger partial charge in [0.15, 0.2) is 11.5 Å². The van der Waals surface area contributed by atoms with Crippen molar-refractivity contribution in [2.75, 3.05) is 5.32 Å². The molecule has 0 unspecified atom stereocenters. The molecule has 0 fully saturated rings. The van der Waals surface area contributed by atoms with E-state index in [2.05, 4.69) is 5.32 Å². The van der Waals surface area contributed by atoms with Crippen LogP contribution in [0.1, 0.15) is 27.7 Å². The maximum atomic E-state index is 11.8. The largest absolute Gasteiger partial charge is 0.449 e. The van der Waals surface area contributed by atoms with E-state index in [1.54, 1.807) is 32.0 Å². The van der Waals surface area contributed by atoms with Gasteiger partial charge in [0, 0.05) is 25.6 Å². The van der Waals surface area contributed by atoms with Crippen LogP contribution in [0.15, 0.2) is 18.2 Å². The molecule has 1 aromatic carbocycles. The summed E-state index contributed by atoms with van der Waals surface area (Å²) >= 11 is 0. The van der Waals surface area contributed by atoms with Crippen molar-refractivity contribution in [2.45, 2.75) is 39.0 Å². The lowest BCUT2D eigenvalue weighted by Crippen LogP contribution is -2.45. The molecule has 98 valence electrons. The van der Waals surface area contributed by atoms with Crippen molar-refractivity contribution >= 4 is 11.6 Å². The highest BCUT2D eigenvalue weighted by molar-refractivity contribution is 5.97. The van der Waals surface area contributed by atoms with E-state index in [0.717, 1.165) is 0 Å². The first kappa shape index (κ1) is 12.7. The molecule has 0 radical (unpaired) electrons. The van der Waals surface area contributed by atoms with Crippen molar-refractivity contribution in [3.8, 4) is 11.5 Å². The number of benzene rings is 1. The third-order valence-electron chi connectivity index (χ3n) is 2.50. The summed E-state index contributed by atoms with van der Waals surface area (Å²) in [6, 6.07) is 5.25. The monoisotopic (exact) mass is 250 g/mol. The molecule has 1 amide bonds. The van der Waals surface area contributed by atoms with Crippen molar-refractivity contribution in [1.82, 2.24) is 0 Å². The first-order valence-electron chi connectivity index (χ1n) is 5.80. The molecule has 3 N–H and O–H groups in total. The van der Waals surface area contributed by atoms with Crippen molar-refractivity contribution in [1.29, 1.82) is 0 Å². The smallest absolute Gasteiger partial charge is 0.246 e. The number of nitrogens with one attached hydrogen (secondary N) is 1. The number of hydrogen-bond donors (Lipinski definition) is 2. The number of ether oxygens (including phenoxy) is 2. The van der Waals surface area contributed by atoms with E-state index in [-0.39, 0.29) is 5.91 Å². The zero-order valence-electron chi connectivity index (χ0n) is 11.0. The minimum absolute atomic E-state index is 0.249. The Morgan fingerprint density at radius 2 is 1.89 bits per heavy atom. The number of carbonyl (C=O) groups is 1. The van der Waals surface area contributed by atoms with Crippen LogP contribution >= 0.6 is 0 Å². The Kier molecular flexibility index (Phi) is 2.74. The molecule has 0 saturated heterocycles. The highest BCUT2D eigenvalue weighted by Crippen LogP contribution is 2.40. The number of nitrogens with two attached hydrogens (primary N) is 1. The van der Waals surface area contributed by atoms with Crippen LogP contribution < -0.4 is 20.5 Å². The predicted octanol–water partition coefficient (Wildman–Crippen LogP) is 1.87. The molecule has 5 heteroatoms. The summed E-state index contributed by atoms with van der Waals surface area (Å²) in [6.45, 7) is 6.96. The standard InChI is InChI=1S/C13H18N2O3/c1-12(2,14)11(16)15-8-5-6-9-10(7-8)18-13(3,4)17-9/h5-7H,14H2,1-4H3,(H,15,16). The molecule has 0 saturated carbocycles. The Labute approximate surface area is 106 Å². The fraction of sp³-hybridized carbons (Fsp3) is 0.462. The summed E-state index contributed by atoms with van der Waals surface area (Å²) in [5, 5.41) is 2.74. The molecular weight excluding hydrogens is 232 g/mol. The van der Waals surface area contributed by atoms with E-state index < -0.39 is 11.3 Å². The number of fused-ring (bicyclic) bond motifs is 1. The molecule has 18 heavy (non-hydrogen) atoms. The van der Waals surface area contributed by atoms with E-state index in [4.69, 9.17) is 15.2 Å². The molecular formula is C13H18N2O3. The number of carbonyl (C=O) groups excluding carboxylic acids is 1. The van der Waals surface area contributed by atoms with Gasteiger partial charge >= 0.3 is 0 Å². The third-order valence-corrected chi connectivity index (χ3v) is 2.50. The van der Waals surface area contributed by atoms with E-state index in [9.17, 15) is 4.79 Å². The Morgan fingerprint density at radius 1 is 1.28 bits per heavy atom. The summed E-state index contributed by atoms with van der Waals surface area (Å²) in [4.78, 5) is 11.8. The van der Waals surface area contributed by atoms with Gasteiger partial charge in [0.25, 0.3) is 0 Å². The molecule has 1 heterocycles. The highest BCUT2D eigenvalue weighted by Gasteiger charge is 2.32. The Balaban J connectivity index is 2.17. The topological polar surface area (TPSA) is 73.6 Å². The average Bonchev–Trinajstić information content (AvgIpc) is 2.49. The van der Waals surface area contributed by atoms with Gasteiger partial charge in [-0.3, -0.25) is 4.79 Å². The predicted molar refractivity (Wildman–Crippen MR) is 68.7 cm³/mol. The Bertz CT molecular complexity index is 489. The Hall–Kier alpha value is -1.75. The maximum Gasteiger partial charge on any atom is 0.246 e. The zero-order chi connectivity index (χ0) is 13.6. The molecule has 0 atom stereocenters. The molecule has 0 spiro atoms. The minimum atomic E-state index is -0.921. The molecule has 5 nitrogen and oxygen atoms in total. The van der Waals surface area contributed by atoms with Crippen LogP contribution in [-0.4, -0.2) is 17.2 Å². The molecule has 1 aliphatic rings. The molecule has 0 aliphatic carbocycles. The minimum Gasteiger partial charge on any atom is -0.449 e. The van der Waals surface area contributed by atoms with Crippen LogP contribution in [0, 0.1) is 0 Å². The van der Waals surface area contributed by atoms with Gasteiger partial charge in [-0.05, 0) is 26.0 Å². The summed E-state index contributed by atoms with van der Waals surface area (Å²) in [6.07, 6.45) is 0. The number of anilines is 1.